The summed E-state index contributed by atoms with van der Waals surface area (Å²) in [5.74, 6) is -0.917. The molecular formula is C15H14BrFN2O. The molecule has 3 N–H and O–H groups in total. The molecule has 20 heavy (non-hydrogen) atoms. The van der Waals surface area contributed by atoms with E-state index in [0.29, 0.717) is 10.9 Å². The lowest BCUT2D eigenvalue weighted by molar-refractivity contribution is -0.117. The third-order valence-electron chi connectivity index (χ3n) is 2.85. The van der Waals surface area contributed by atoms with Crippen LogP contribution in [0.5, 0.6) is 0 Å². The van der Waals surface area contributed by atoms with Crippen LogP contribution in [0.4, 0.5) is 10.1 Å². The number of halogens is 2. The van der Waals surface area contributed by atoms with E-state index in [1.165, 1.54) is 6.07 Å². The molecule has 0 aliphatic carbocycles. The fourth-order valence-corrected chi connectivity index (χ4v) is 2.23. The molecule has 3 nitrogen and oxygen atoms in total. The highest BCUT2D eigenvalue weighted by Crippen LogP contribution is 2.25. The molecule has 2 rings (SSSR count). The van der Waals surface area contributed by atoms with Crippen LogP contribution in [0, 0.1) is 5.82 Å². The first-order valence-corrected chi connectivity index (χ1v) is 6.91. The molecule has 1 amide bonds. The van der Waals surface area contributed by atoms with Crippen molar-refractivity contribution in [1.29, 1.82) is 0 Å². The summed E-state index contributed by atoms with van der Waals surface area (Å²) < 4.78 is 14.1. The van der Waals surface area contributed by atoms with Crippen LogP contribution in [0.1, 0.15) is 5.56 Å². The van der Waals surface area contributed by atoms with Gasteiger partial charge in [0, 0.05) is 4.47 Å². The Morgan fingerprint density at radius 1 is 1.20 bits per heavy atom. The van der Waals surface area contributed by atoms with Gasteiger partial charge in [-0.15, -0.1) is 0 Å². The Hall–Kier alpha value is -1.72. The minimum Gasteiger partial charge on any atom is -0.321 e. The maximum Gasteiger partial charge on any atom is 0.241 e. The van der Waals surface area contributed by atoms with Gasteiger partial charge in [-0.3, -0.25) is 4.79 Å². The summed E-state index contributed by atoms with van der Waals surface area (Å²) in [6.45, 7) is 0. The van der Waals surface area contributed by atoms with E-state index >= 15 is 0 Å². The number of anilines is 1. The lowest BCUT2D eigenvalue weighted by Crippen LogP contribution is -2.37. The summed E-state index contributed by atoms with van der Waals surface area (Å²) in [5.41, 5.74) is 6.92. The molecule has 0 fully saturated rings. The third-order valence-corrected chi connectivity index (χ3v) is 3.51. The second kappa shape index (κ2) is 6.63. The predicted molar refractivity (Wildman–Crippen MR) is 80.9 cm³/mol. The van der Waals surface area contributed by atoms with Crippen molar-refractivity contribution in [3.63, 3.8) is 0 Å². The van der Waals surface area contributed by atoms with Crippen molar-refractivity contribution in [3.8, 4) is 0 Å². The van der Waals surface area contributed by atoms with Gasteiger partial charge < -0.3 is 11.1 Å². The van der Waals surface area contributed by atoms with Crippen molar-refractivity contribution in [3.05, 3.63) is 64.4 Å². The Kier molecular flexibility index (Phi) is 4.87. The zero-order valence-electron chi connectivity index (χ0n) is 10.6. The molecule has 0 aromatic heterocycles. The van der Waals surface area contributed by atoms with Crippen molar-refractivity contribution in [2.45, 2.75) is 12.5 Å². The van der Waals surface area contributed by atoms with Gasteiger partial charge in [-0.25, -0.2) is 4.39 Å². The van der Waals surface area contributed by atoms with Crippen molar-refractivity contribution < 1.29 is 9.18 Å². The van der Waals surface area contributed by atoms with Crippen LogP contribution < -0.4 is 11.1 Å². The fraction of sp³-hybridized carbons (Fsp3) is 0.133. The SMILES string of the molecule is NC(Cc1ccccc1)C(=O)Nc1c(F)cccc1Br. The number of para-hydroxylation sites is 1. The van der Waals surface area contributed by atoms with Gasteiger partial charge in [0.15, 0.2) is 0 Å². The van der Waals surface area contributed by atoms with Crippen LogP contribution in [0.25, 0.3) is 0 Å². The molecule has 2 aromatic rings. The summed E-state index contributed by atoms with van der Waals surface area (Å²) in [4.78, 5) is 12.0. The summed E-state index contributed by atoms with van der Waals surface area (Å²) in [5, 5.41) is 2.51. The Morgan fingerprint density at radius 3 is 2.55 bits per heavy atom. The molecule has 0 saturated carbocycles. The van der Waals surface area contributed by atoms with Crippen molar-refractivity contribution >= 4 is 27.5 Å². The lowest BCUT2D eigenvalue weighted by Gasteiger charge is -2.13. The van der Waals surface area contributed by atoms with Gasteiger partial charge >= 0.3 is 0 Å². The largest absolute Gasteiger partial charge is 0.321 e. The van der Waals surface area contributed by atoms with Crippen LogP contribution in [0.2, 0.25) is 0 Å². The number of rotatable bonds is 4. The van der Waals surface area contributed by atoms with Crippen LogP contribution in [0.15, 0.2) is 53.0 Å². The minimum absolute atomic E-state index is 0.112. The van der Waals surface area contributed by atoms with Gasteiger partial charge in [0.25, 0.3) is 0 Å². The average Bonchev–Trinajstić information content (AvgIpc) is 2.44. The highest BCUT2D eigenvalue weighted by atomic mass is 79.9. The number of hydrogen-bond acceptors (Lipinski definition) is 2. The molecule has 2 aromatic carbocycles. The van der Waals surface area contributed by atoms with Gasteiger partial charge in [0.1, 0.15) is 5.82 Å². The molecule has 0 spiro atoms. The summed E-state index contributed by atoms with van der Waals surface area (Å²) in [6.07, 6.45) is 0.402. The van der Waals surface area contributed by atoms with E-state index in [9.17, 15) is 9.18 Å². The minimum atomic E-state index is -0.732. The van der Waals surface area contributed by atoms with Crippen LogP contribution in [-0.2, 0) is 11.2 Å². The smallest absolute Gasteiger partial charge is 0.241 e. The molecule has 0 bridgehead atoms. The zero-order chi connectivity index (χ0) is 14.5. The van der Waals surface area contributed by atoms with E-state index in [1.54, 1.807) is 12.1 Å². The summed E-state index contributed by atoms with van der Waals surface area (Å²) in [6, 6.07) is 13.2. The van der Waals surface area contributed by atoms with E-state index in [2.05, 4.69) is 21.2 Å². The molecule has 0 saturated heterocycles. The normalized spacial score (nSPS) is 11.9. The van der Waals surface area contributed by atoms with Crippen LogP contribution >= 0.6 is 15.9 Å². The van der Waals surface area contributed by atoms with Crippen LogP contribution in [-0.4, -0.2) is 11.9 Å². The molecule has 1 unspecified atom stereocenters. The number of nitrogens with one attached hydrogen (secondary N) is 1. The fourth-order valence-electron chi connectivity index (χ4n) is 1.79. The molecule has 0 radical (unpaired) electrons. The number of carbonyl (C=O) groups is 1. The number of hydrogen-bond donors (Lipinski definition) is 2. The Bertz CT molecular complexity index is 584. The first-order valence-electron chi connectivity index (χ1n) is 6.12. The Labute approximate surface area is 125 Å². The molecule has 5 heteroatoms. The van der Waals surface area contributed by atoms with E-state index < -0.39 is 17.8 Å². The summed E-state index contributed by atoms with van der Waals surface area (Å²) in [7, 11) is 0. The Balaban J connectivity index is 2.05. The highest BCUT2D eigenvalue weighted by Gasteiger charge is 2.17. The lowest BCUT2D eigenvalue weighted by atomic mass is 10.1. The second-order valence-corrected chi connectivity index (χ2v) is 5.24. The molecule has 0 aliphatic heterocycles. The predicted octanol–water partition coefficient (Wildman–Crippen LogP) is 3.10. The topological polar surface area (TPSA) is 55.1 Å². The monoisotopic (exact) mass is 336 g/mol. The maximum absolute atomic E-state index is 13.6. The number of amides is 1. The van der Waals surface area contributed by atoms with Crippen molar-refractivity contribution in [1.82, 2.24) is 0 Å². The van der Waals surface area contributed by atoms with Gasteiger partial charge in [-0.2, -0.15) is 0 Å². The average molecular weight is 337 g/mol. The third kappa shape index (κ3) is 3.65. The van der Waals surface area contributed by atoms with Gasteiger partial charge in [-0.05, 0) is 40.0 Å². The molecular weight excluding hydrogens is 323 g/mol. The second-order valence-electron chi connectivity index (χ2n) is 4.38. The van der Waals surface area contributed by atoms with E-state index in [0.717, 1.165) is 5.56 Å². The molecule has 104 valence electrons. The van der Waals surface area contributed by atoms with Crippen molar-refractivity contribution in [2.75, 3.05) is 5.32 Å². The zero-order valence-corrected chi connectivity index (χ0v) is 12.2. The van der Waals surface area contributed by atoms with E-state index in [4.69, 9.17) is 5.73 Å². The van der Waals surface area contributed by atoms with Gasteiger partial charge in [0.2, 0.25) is 5.91 Å². The molecule has 0 aliphatic rings. The Morgan fingerprint density at radius 2 is 1.90 bits per heavy atom. The first kappa shape index (κ1) is 14.7. The molecule has 1 atom stereocenters. The van der Waals surface area contributed by atoms with Gasteiger partial charge in [-0.1, -0.05) is 36.4 Å². The van der Waals surface area contributed by atoms with E-state index in [1.807, 2.05) is 30.3 Å². The van der Waals surface area contributed by atoms with Crippen LogP contribution in [0.3, 0.4) is 0 Å². The van der Waals surface area contributed by atoms with Gasteiger partial charge in [0.05, 0.1) is 11.7 Å². The molecule has 0 heterocycles. The first-order chi connectivity index (χ1) is 9.58. The van der Waals surface area contributed by atoms with Crippen molar-refractivity contribution in [2.24, 2.45) is 5.73 Å². The quantitative estimate of drug-likeness (QED) is 0.901. The number of benzene rings is 2. The van der Waals surface area contributed by atoms with E-state index in [-0.39, 0.29) is 5.69 Å². The summed E-state index contributed by atoms with van der Waals surface area (Å²) >= 11 is 3.20. The number of carbonyl (C=O) groups excluding carboxylic acids is 1. The maximum atomic E-state index is 13.6. The number of nitrogens with two attached hydrogens (primary N) is 1. The highest BCUT2D eigenvalue weighted by molar-refractivity contribution is 9.10. The standard InChI is InChI=1S/C15H14BrFN2O/c16-11-7-4-8-12(17)14(11)19-15(20)13(18)9-10-5-2-1-3-6-10/h1-8,13H,9,18H2,(H,19,20).